The van der Waals surface area contributed by atoms with E-state index in [9.17, 15) is 8.42 Å². The van der Waals surface area contributed by atoms with Gasteiger partial charge in [-0.2, -0.15) is 0 Å². The quantitative estimate of drug-likeness (QED) is 0.261. The Balaban J connectivity index is 1.51. The average Bonchev–Trinajstić information content (AvgIpc) is 2.89. The van der Waals surface area contributed by atoms with Crippen LogP contribution in [0.1, 0.15) is 37.0 Å². The summed E-state index contributed by atoms with van der Waals surface area (Å²) < 4.78 is 37.0. The first-order valence-corrected chi connectivity index (χ1v) is 13.1. The highest BCUT2D eigenvalue weighted by Crippen LogP contribution is 2.37. The Morgan fingerprint density at radius 2 is 1.06 bits per heavy atom. The third-order valence-corrected chi connectivity index (χ3v) is 8.41. The van der Waals surface area contributed by atoms with Crippen LogP contribution >= 0.6 is 0 Å². The molecule has 0 spiro atoms. The Hall–Kier alpha value is -3.57. The standard InChI is InChI=1S/C30H30O4S/c1-5-30(3,23-8-12-25(33-4)13-9-23)24-10-14-26(15-11-24)34-27-16-20-29(21-17-27)35(31,32)28-18-6-22(2)7-19-28/h6-21H,5H2,1-4H3. The number of rotatable bonds is 8. The van der Waals surface area contributed by atoms with Crippen LogP contribution in [-0.4, -0.2) is 15.5 Å². The van der Waals surface area contributed by atoms with Crippen LogP contribution in [0.5, 0.6) is 17.2 Å². The lowest BCUT2D eigenvalue weighted by Gasteiger charge is -2.30. The lowest BCUT2D eigenvalue weighted by Crippen LogP contribution is -2.22. The predicted octanol–water partition coefficient (Wildman–Crippen LogP) is 7.34. The van der Waals surface area contributed by atoms with Crippen molar-refractivity contribution in [2.45, 2.75) is 42.4 Å². The number of hydrogen-bond donors (Lipinski definition) is 0. The molecule has 4 nitrogen and oxygen atoms in total. The van der Waals surface area contributed by atoms with Crippen molar-refractivity contribution in [3.63, 3.8) is 0 Å². The van der Waals surface area contributed by atoms with Crippen molar-refractivity contribution in [1.29, 1.82) is 0 Å². The molecule has 0 heterocycles. The Bertz CT molecular complexity index is 1370. The average molecular weight is 487 g/mol. The fraction of sp³-hybridized carbons (Fsp3) is 0.200. The lowest BCUT2D eigenvalue weighted by molar-refractivity contribution is 0.414. The minimum absolute atomic E-state index is 0.142. The first-order chi connectivity index (χ1) is 16.8. The molecule has 35 heavy (non-hydrogen) atoms. The highest BCUT2D eigenvalue weighted by atomic mass is 32.2. The van der Waals surface area contributed by atoms with Crippen molar-refractivity contribution in [2.24, 2.45) is 0 Å². The van der Waals surface area contributed by atoms with Gasteiger partial charge in [-0.25, -0.2) is 8.42 Å². The van der Waals surface area contributed by atoms with Crippen LogP contribution in [0.25, 0.3) is 0 Å². The summed E-state index contributed by atoms with van der Waals surface area (Å²) in [5, 5.41) is 0. The summed E-state index contributed by atoms with van der Waals surface area (Å²) in [4.78, 5) is 0.519. The van der Waals surface area contributed by atoms with Gasteiger partial charge in [0.15, 0.2) is 0 Å². The fourth-order valence-corrected chi connectivity index (χ4v) is 5.36. The molecule has 0 fully saturated rings. The molecule has 1 atom stereocenters. The number of hydrogen-bond acceptors (Lipinski definition) is 4. The molecule has 5 heteroatoms. The van der Waals surface area contributed by atoms with Gasteiger partial charge in [0.25, 0.3) is 0 Å². The maximum atomic E-state index is 12.9. The van der Waals surface area contributed by atoms with E-state index in [2.05, 4.69) is 38.1 Å². The third-order valence-electron chi connectivity index (χ3n) is 6.63. The van der Waals surface area contributed by atoms with Crippen LogP contribution in [0, 0.1) is 6.92 Å². The van der Waals surface area contributed by atoms with E-state index in [1.165, 1.54) is 11.1 Å². The Morgan fingerprint density at radius 1 is 0.657 bits per heavy atom. The SMILES string of the molecule is CCC(C)(c1ccc(OC)cc1)c1ccc(Oc2ccc(S(=O)(=O)c3ccc(C)cc3)cc2)cc1. The molecule has 0 amide bonds. The monoisotopic (exact) mass is 486 g/mol. The Morgan fingerprint density at radius 3 is 1.49 bits per heavy atom. The van der Waals surface area contributed by atoms with E-state index >= 15 is 0 Å². The zero-order valence-electron chi connectivity index (χ0n) is 20.5. The zero-order chi connectivity index (χ0) is 25.1. The molecule has 0 aliphatic rings. The molecule has 4 aromatic rings. The zero-order valence-corrected chi connectivity index (χ0v) is 21.3. The third kappa shape index (κ3) is 5.10. The maximum absolute atomic E-state index is 12.9. The number of ether oxygens (including phenoxy) is 2. The maximum Gasteiger partial charge on any atom is 0.206 e. The topological polar surface area (TPSA) is 52.6 Å². The van der Waals surface area contributed by atoms with E-state index < -0.39 is 9.84 Å². The molecule has 0 aliphatic heterocycles. The summed E-state index contributed by atoms with van der Waals surface area (Å²) in [7, 11) is -1.89. The van der Waals surface area contributed by atoms with Gasteiger partial charge >= 0.3 is 0 Å². The largest absolute Gasteiger partial charge is 0.497 e. The molecule has 0 saturated carbocycles. The fourth-order valence-electron chi connectivity index (χ4n) is 4.10. The molecule has 1 unspecified atom stereocenters. The first-order valence-electron chi connectivity index (χ1n) is 11.6. The number of methoxy groups -OCH3 is 1. The van der Waals surface area contributed by atoms with E-state index in [4.69, 9.17) is 9.47 Å². The van der Waals surface area contributed by atoms with Crippen LogP contribution in [0.2, 0.25) is 0 Å². The molecule has 4 rings (SSSR count). The second-order valence-electron chi connectivity index (χ2n) is 8.83. The van der Waals surface area contributed by atoms with Crippen molar-refractivity contribution in [3.05, 3.63) is 114 Å². The normalized spacial score (nSPS) is 13.1. The van der Waals surface area contributed by atoms with Crippen LogP contribution in [0.3, 0.4) is 0 Å². The van der Waals surface area contributed by atoms with Gasteiger partial charge in [-0.15, -0.1) is 0 Å². The van der Waals surface area contributed by atoms with Gasteiger partial charge in [-0.05, 0) is 85.1 Å². The molecule has 0 bridgehead atoms. The highest BCUT2D eigenvalue weighted by molar-refractivity contribution is 7.91. The lowest BCUT2D eigenvalue weighted by atomic mass is 9.74. The second-order valence-corrected chi connectivity index (χ2v) is 10.8. The summed E-state index contributed by atoms with van der Waals surface area (Å²) in [5.41, 5.74) is 3.29. The molecule has 4 aromatic carbocycles. The second kappa shape index (κ2) is 9.96. The van der Waals surface area contributed by atoms with Crippen molar-refractivity contribution >= 4 is 9.84 Å². The van der Waals surface area contributed by atoms with Gasteiger partial charge < -0.3 is 9.47 Å². The Labute approximate surface area is 208 Å². The van der Waals surface area contributed by atoms with Crippen LogP contribution < -0.4 is 9.47 Å². The van der Waals surface area contributed by atoms with Crippen molar-refractivity contribution in [2.75, 3.05) is 7.11 Å². The number of aryl methyl sites for hydroxylation is 1. The molecule has 0 saturated heterocycles. The molecular formula is C30H30O4S. The number of benzene rings is 4. The van der Waals surface area contributed by atoms with E-state index in [-0.39, 0.29) is 15.2 Å². The Kier molecular flexibility index (Phi) is 6.99. The van der Waals surface area contributed by atoms with Crippen LogP contribution in [0.4, 0.5) is 0 Å². The van der Waals surface area contributed by atoms with Gasteiger partial charge in [0.2, 0.25) is 9.84 Å². The van der Waals surface area contributed by atoms with Gasteiger partial charge in [-0.3, -0.25) is 0 Å². The van der Waals surface area contributed by atoms with E-state index in [0.29, 0.717) is 11.5 Å². The summed E-state index contributed by atoms with van der Waals surface area (Å²) >= 11 is 0. The van der Waals surface area contributed by atoms with Crippen molar-refractivity contribution in [3.8, 4) is 17.2 Å². The molecular weight excluding hydrogens is 456 g/mol. The summed E-state index contributed by atoms with van der Waals surface area (Å²) in [6.07, 6.45) is 0.941. The predicted molar refractivity (Wildman–Crippen MR) is 139 cm³/mol. The van der Waals surface area contributed by atoms with Gasteiger partial charge in [0.1, 0.15) is 17.2 Å². The summed E-state index contributed by atoms with van der Waals surface area (Å²) in [6, 6.07) is 29.6. The van der Waals surface area contributed by atoms with Crippen molar-refractivity contribution < 1.29 is 17.9 Å². The molecule has 180 valence electrons. The summed E-state index contributed by atoms with van der Waals surface area (Å²) in [6.45, 7) is 6.34. The first kappa shape index (κ1) is 24.6. The van der Waals surface area contributed by atoms with Crippen molar-refractivity contribution in [1.82, 2.24) is 0 Å². The van der Waals surface area contributed by atoms with Gasteiger partial charge in [0, 0.05) is 5.41 Å². The van der Waals surface area contributed by atoms with Gasteiger partial charge in [-0.1, -0.05) is 55.8 Å². The molecule has 0 N–H and O–H groups in total. The smallest absolute Gasteiger partial charge is 0.206 e. The molecule has 0 aliphatic carbocycles. The minimum Gasteiger partial charge on any atom is -0.497 e. The highest BCUT2D eigenvalue weighted by Gasteiger charge is 2.27. The minimum atomic E-state index is -3.56. The molecule has 0 aromatic heterocycles. The van der Waals surface area contributed by atoms with E-state index in [1.807, 2.05) is 31.2 Å². The van der Waals surface area contributed by atoms with Crippen LogP contribution in [0.15, 0.2) is 107 Å². The summed E-state index contributed by atoms with van der Waals surface area (Å²) in [5.74, 6) is 2.11. The molecule has 0 radical (unpaired) electrons. The number of sulfone groups is 1. The van der Waals surface area contributed by atoms with E-state index in [1.54, 1.807) is 55.6 Å². The van der Waals surface area contributed by atoms with Crippen LogP contribution in [-0.2, 0) is 15.3 Å². The van der Waals surface area contributed by atoms with E-state index in [0.717, 1.165) is 17.7 Å². The van der Waals surface area contributed by atoms with Gasteiger partial charge in [0.05, 0.1) is 16.9 Å².